The quantitative estimate of drug-likeness (QED) is 0.238. The summed E-state index contributed by atoms with van der Waals surface area (Å²) in [5.74, 6) is -3.40. The number of aliphatic hydroxyl groups is 1. The van der Waals surface area contributed by atoms with Crippen LogP contribution in [-0.4, -0.2) is 89.8 Å². The molecule has 1 unspecified atom stereocenters. The van der Waals surface area contributed by atoms with Crippen LogP contribution in [0.5, 0.6) is 0 Å². The van der Waals surface area contributed by atoms with E-state index in [1.165, 1.54) is 0 Å². The number of rotatable bonds is 14. The molecular weight excluding hydrogens is 443 g/mol. The summed E-state index contributed by atoms with van der Waals surface area (Å²) in [7, 11) is 5.66. The van der Waals surface area contributed by atoms with Crippen LogP contribution in [0.25, 0.3) is 0 Å². The van der Waals surface area contributed by atoms with Crippen LogP contribution in [0, 0.1) is 11.8 Å². The van der Waals surface area contributed by atoms with E-state index >= 15 is 0 Å². The molecular formula is C23H47MgNO8. The summed E-state index contributed by atoms with van der Waals surface area (Å²) in [6.45, 7) is 8.39. The van der Waals surface area contributed by atoms with Crippen LogP contribution in [0.2, 0.25) is 0 Å². The normalized spacial score (nSPS) is 11.1. The summed E-state index contributed by atoms with van der Waals surface area (Å²) >= 11 is 0. The average molecular weight is 490 g/mol. The van der Waals surface area contributed by atoms with Gasteiger partial charge in [-0.15, -0.1) is 0 Å². The van der Waals surface area contributed by atoms with Crippen molar-refractivity contribution in [3.63, 3.8) is 0 Å². The predicted molar refractivity (Wildman–Crippen MR) is 125 cm³/mol. The number of aliphatic hydroxyl groups excluding tert-OH is 1. The van der Waals surface area contributed by atoms with Gasteiger partial charge in [-0.05, 0) is 37.5 Å². The number of likely N-dealkylation sites (N-methyl/N-ethyl adjacent to an activating group) is 1. The third-order valence-corrected chi connectivity index (χ3v) is 4.38. The van der Waals surface area contributed by atoms with E-state index in [1.54, 1.807) is 0 Å². The van der Waals surface area contributed by atoms with Crippen LogP contribution in [0.1, 0.15) is 85.5 Å². The molecule has 0 aliphatic heterocycles. The zero-order chi connectivity index (χ0) is 25.0. The number of aliphatic carboxylic acids is 3. The number of carbonyl (C=O) groups is 3. The number of carbonyl (C=O) groups excluding carboxylic acids is 3. The Morgan fingerprint density at radius 2 is 1.00 bits per heavy atom. The van der Waals surface area contributed by atoms with Gasteiger partial charge in [0.05, 0.1) is 21.1 Å². The first-order chi connectivity index (χ1) is 14.2. The Hall–Kier alpha value is -0.944. The number of hydrogen-bond acceptors (Lipinski definition) is 7. The minimum absolute atomic E-state index is 0. The number of carboxylic acids is 3. The second-order valence-electron chi connectivity index (χ2n) is 8.89. The molecule has 0 aliphatic carbocycles. The number of quaternary nitrogens is 1. The molecule has 33 heavy (non-hydrogen) atoms. The van der Waals surface area contributed by atoms with Crippen LogP contribution in [0.4, 0.5) is 0 Å². The molecule has 0 heterocycles. The fourth-order valence-corrected chi connectivity index (χ4v) is 3.04. The van der Waals surface area contributed by atoms with Gasteiger partial charge < -0.3 is 44.8 Å². The Labute approximate surface area is 216 Å². The van der Waals surface area contributed by atoms with E-state index in [0.29, 0.717) is 11.0 Å². The number of hydrogen-bond donors (Lipinski definition) is 1. The molecule has 0 aliphatic rings. The maximum Gasteiger partial charge on any atom is 2.00 e. The molecule has 3 N–H and O–H groups in total. The minimum atomic E-state index is -1.20. The van der Waals surface area contributed by atoms with Gasteiger partial charge in [-0.25, -0.2) is 0 Å². The Kier molecular flexibility index (Phi) is 32.9. The van der Waals surface area contributed by atoms with Crippen LogP contribution in [0.15, 0.2) is 0 Å². The van der Waals surface area contributed by atoms with E-state index in [-0.39, 0.29) is 46.8 Å². The van der Waals surface area contributed by atoms with Gasteiger partial charge in [-0.2, -0.15) is 0 Å². The number of nitrogens with zero attached hydrogens (tertiary/aromatic N) is 1. The molecule has 10 heteroatoms. The topological polar surface area (TPSA) is 172 Å². The summed E-state index contributed by atoms with van der Waals surface area (Å²) in [5, 5.41) is 39.9. The van der Waals surface area contributed by atoms with E-state index < -0.39 is 24.0 Å². The molecule has 9 nitrogen and oxygen atoms in total. The van der Waals surface area contributed by atoms with Gasteiger partial charge in [-0.3, -0.25) is 0 Å². The summed E-state index contributed by atoms with van der Waals surface area (Å²) in [4.78, 5) is 30.8. The predicted octanol–water partition coefficient (Wildman–Crippen LogP) is -1.11. The van der Waals surface area contributed by atoms with Gasteiger partial charge in [0.25, 0.3) is 0 Å². The van der Waals surface area contributed by atoms with Crippen molar-refractivity contribution in [2.24, 2.45) is 11.8 Å². The smallest absolute Gasteiger partial charge is 0.550 e. The van der Waals surface area contributed by atoms with Crippen molar-refractivity contribution in [1.82, 2.24) is 0 Å². The summed E-state index contributed by atoms with van der Waals surface area (Å²) in [6.07, 6.45) is 5.67. The van der Waals surface area contributed by atoms with Gasteiger partial charge in [0, 0.05) is 24.3 Å². The number of carboxylic acid groups (broad SMARTS) is 3. The van der Waals surface area contributed by atoms with Crippen molar-refractivity contribution < 1.29 is 44.8 Å². The van der Waals surface area contributed by atoms with E-state index in [1.807, 2.05) is 48.8 Å². The average Bonchev–Trinajstić information content (AvgIpc) is 2.60. The zero-order valence-corrected chi connectivity index (χ0v) is 23.3. The SMILES string of the molecule is CCCC(CCC)C(=O)[O-].CCCC(CCC)C(=O)[O-].C[N+](C)(C)CC(O)CC(=O)[O-].O.[Mg+2]. The van der Waals surface area contributed by atoms with Crippen molar-refractivity contribution in [2.75, 3.05) is 27.7 Å². The molecule has 194 valence electrons. The fourth-order valence-electron chi connectivity index (χ4n) is 3.04. The van der Waals surface area contributed by atoms with Crippen molar-refractivity contribution in [3.05, 3.63) is 0 Å². The Morgan fingerprint density at radius 3 is 1.15 bits per heavy atom. The summed E-state index contributed by atoms with van der Waals surface area (Å²) in [5.41, 5.74) is 0. The van der Waals surface area contributed by atoms with Crippen molar-refractivity contribution in [1.29, 1.82) is 0 Å². The van der Waals surface area contributed by atoms with E-state index in [2.05, 4.69) is 0 Å². The second kappa shape index (κ2) is 25.7. The molecule has 0 rings (SSSR count). The molecule has 0 radical (unpaired) electrons. The molecule has 0 amide bonds. The molecule has 0 saturated carbocycles. The van der Waals surface area contributed by atoms with Crippen LogP contribution in [-0.2, 0) is 14.4 Å². The molecule has 0 spiro atoms. The third kappa shape index (κ3) is 33.3. The van der Waals surface area contributed by atoms with Crippen LogP contribution in [0.3, 0.4) is 0 Å². The molecule has 0 aromatic rings. The standard InChI is InChI=1S/2C8H16O2.C7H15NO3.Mg.H2O/c2*1-3-5-7(6-4-2)8(9)10;1-8(2,3)5-6(9)4-7(10)11;;/h2*7H,3-6H2,1-2H3,(H,9,10);6,9H,4-5H2,1-3H3;;1H2/q;;;+2;/p-2. The van der Waals surface area contributed by atoms with Crippen molar-refractivity contribution in [3.8, 4) is 0 Å². The van der Waals surface area contributed by atoms with Crippen molar-refractivity contribution in [2.45, 2.75) is 91.6 Å². The maximum atomic E-state index is 10.4. The van der Waals surface area contributed by atoms with Crippen LogP contribution < -0.4 is 15.3 Å². The van der Waals surface area contributed by atoms with Gasteiger partial charge in [0.15, 0.2) is 0 Å². The summed E-state index contributed by atoms with van der Waals surface area (Å²) in [6, 6.07) is 0. The van der Waals surface area contributed by atoms with Gasteiger partial charge >= 0.3 is 23.1 Å². The fraction of sp³-hybridized carbons (Fsp3) is 0.870. The first kappa shape index (κ1) is 42.2. The Balaban J connectivity index is -0.000000115. The minimum Gasteiger partial charge on any atom is -0.550 e. The van der Waals surface area contributed by atoms with Gasteiger partial charge in [-0.1, -0.05) is 53.4 Å². The Morgan fingerprint density at radius 1 is 0.727 bits per heavy atom. The molecule has 0 saturated heterocycles. The van der Waals surface area contributed by atoms with E-state index in [9.17, 15) is 29.7 Å². The largest absolute Gasteiger partial charge is 2.00 e. The van der Waals surface area contributed by atoms with E-state index in [0.717, 1.165) is 51.4 Å². The second-order valence-corrected chi connectivity index (χ2v) is 8.89. The Bertz CT molecular complexity index is 446. The van der Waals surface area contributed by atoms with Gasteiger partial charge in [0.2, 0.25) is 0 Å². The van der Waals surface area contributed by atoms with Crippen LogP contribution >= 0.6 is 0 Å². The molecule has 0 aromatic heterocycles. The first-order valence-electron chi connectivity index (χ1n) is 11.3. The van der Waals surface area contributed by atoms with Crippen molar-refractivity contribution >= 4 is 41.0 Å². The molecule has 0 fully saturated rings. The monoisotopic (exact) mass is 489 g/mol. The zero-order valence-electron chi connectivity index (χ0n) is 21.9. The van der Waals surface area contributed by atoms with Gasteiger partial charge in [0.1, 0.15) is 12.6 Å². The molecule has 1 atom stereocenters. The first-order valence-corrected chi connectivity index (χ1v) is 11.3. The van der Waals surface area contributed by atoms with E-state index in [4.69, 9.17) is 5.11 Å². The third-order valence-electron chi connectivity index (χ3n) is 4.38. The summed E-state index contributed by atoms with van der Waals surface area (Å²) < 4.78 is 0.550. The molecule has 0 aromatic carbocycles. The maximum absolute atomic E-state index is 10.4. The molecule has 0 bridgehead atoms.